The van der Waals surface area contributed by atoms with Gasteiger partial charge in [-0.05, 0) is 69.4 Å². The number of benzene rings is 1. The monoisotopic (exact) mass is 504 g/mol. The molecule has 1 aromatic carbocycles. The highest BCUT2D eigenvalue weighted by Gasteiger charge is 2.39. The first-order chi connectivity index (χ1) is 16.0. The van der Waals surface area contributed by atoms with Crippen LogP contribution in [-0.4, -0.2) is 52.5 Å². The zero-order valence-electron chi connectivity index (χ0n) is 19.2. The highest BCUT2D eigenvalue weighted by molar-refractivity contribution is 7.80. The number of rotatable bonds is 8. The summed E-state index contributed by atoms with van der Waals surface area (Å²) in [5.74, 6) is -0.787. The number of nitrogens with zero attached hydrogens (tertiary/aromatic N) is 2. The fraction of sp³-hybridized carbons (Fsp3) is 0.480. The van der Waals surface area contributed by atoms with Crippen LogP contribution in [0.25, 0.3) is 0 Å². The maximum atomic E-state index is 13.1. The molecule has 2 atom stereocenters. The minimum atomic E-state index is -0.452. The molecule has 0 spiro atoms. The second-order valence-electron chi connectivity index (χ2n) is 8.87. The van der Waals surface area contributed by atoms with Crippen LogP contribution in [0.4, 0.5) is 0 Å². The van der Waals surface area contributed by atoms with Crippen molar-refractivity contribution in [2.75, 3.05) is 19.6 Å². The minimum Gasteiger partial charge on any atom is -0.507 e. The van der Waals surface area contributed by atoms with E-state index >= 15 is 0 Å². The van der Waals surface area contributed by atoms with Crippen LogP contribution in [0.1, 0.15) is 56.4 Å². The van der Waals surface area contributed by atoms with Crippen molar-refractivity contribution in [3.05, 3.63) is 58.9 Å². The Balaban J connectivity index is 0.00000324. The van der Waals surface area contributed by atoms with Crippen molar-refractivity contribution in [3.63, 3.8) is 0 Å². The van der Waals surface area contributed by atoms with Gasteiger partial charge in [0.05, 0.1) is 5.57 Å². The Kier molecular flexibility index (Phi) is 9.50. The minimum absolute atomic E-state index is 0. The number of nitrogens with two attached hydrogens (primary N) is 1. The van der Waals surface area contributed by atoms with Crippen LogP contribution in [-0.2, 0) is 9.53 Å². The highest BCUT2D eigenvalue weighted by Crippen LogP contribution is 2.40. The van der Waals surface area contributed by atoms with Gasteiger partial charge in [-0.1, -0.05) is 36.4 Å². The van der Waals surface area contributed by atoms with Crippen LogP contribution >= 0.6 is 24.6 Å². The molecule has 0 radical (unpaired) electrons. The Hall–Kier alpha value is -2.42. The van der Waals surface area contributed by atoms with Gasteiger partial charge in [-0.15, -0.1) is 12.4 Å². The maximum Gasteiger partial charge on any atom is 0.339 e. The number of hydrogen-bond donors (Lipinski definition) is 3. The zero-order valence-corrected chi connectivity index (χ0v) is 20.9. The Morgan fingerprint density at radius 3 is 2.71 bits per heavy atom. The van der Waals surface area contributed by atoms with Gasteiger partial charge in [0.1, 0.15) is 11.9 Å². The summed E-state index contributed by atoms with van der Waals surface area (Å²) in [6, 6.07) is 9.75. The summed E-state index contributed by atoms with van der Waals surface area (Å²) in [5, 5.41) is 15.8. The number of carbonyl (C=O) groups is 1. The number of aliphatic hydroxyl groups excluding tert-OH is 1. The molecule has 1 saturated heterocycles. The SMILES string of the molecule is Cl.NC(=S)N/N=C(/CCN1CCCC1)CC(C1=C(O)C2=CCCCC2OC1=O)c1ccccc1. The Bertz CT molecular complexity index is 974. The number of aliphatic hydroxyl groups is 1. The quantitative estimate of drug-likeness (QED) is 0.212. The number of ether oxygens (including phenoxy) is 1. The van der Waals surface area contributed by atoms with Crippen molar-refractivity contribution in [2.45, 2.75) is 57.0 Å². The lowest BCUT2D eigenvalue weighted by molar-refractivity contribution is -0.145. The lowest BCUT2D eigenvalue weighted by Crippen LogP contribution is -2.34. The summed E-state index contributed by atoms with van der Waals surface area (Å²) >= 11 is 4.96. The number of allylic oxidation sites excluding steroid dienone is 1. The average molecular weight is 505 g/mol. The first kappa shape index (κ1) is 26.2. The Morgan fingerprint density at radius 1 is 1.26 bits per heavy atom. The standard InChI is InChI=1S/C25H32N4O3S.ClH/c26-25(33)28-27-18(12-15-29-13-6-7-14-29)16-20(17-8-2-1-3-9-17)22-23(30)19-10-4-5-11-21(19)32-24(22)31;/h1-3,8-10,20-21,30H,4-7,11-16H2,(H3,26,28,33);1H/b27-18-;. The van der Waals surface area contributed by atoms with Crippen LogP contribution in [0.3, 0.4) is 0 Å². The molecule has 4 N–H and O–H groups in total. The zero-order chi connectivity index (χ0) is 23.2. The molecular weight excluding hydrogens is 472 g/mol. The van der Waals surface area contributed by atoms with E-state index in [0.717, 1.165) is 55.7 Å². The summed E-state index contributed by atoms with van der Waals surface area (Å²) in [4.78, 5) is 15.5. The molecule has 0 aromatic heterocycles. The molecule has 9 heteroatoms. The lowest BCUT2D eigenvalue weighted by atomic mass is 9.81. The first-order valence-corrected chi connectivity index (χ1v) is 12.2. The van der Waals surface area contributed by atoms with Crippen LogP contribution in [0.5, 0.6) is 0 Å². The smallest absolute Gasteiger partial charge is 0.339 e. The van der Waals surface area contributed by atoms with Gasteiger partial charge in [0.15, 0.2) is 5.11 Å². The normalized spacial score (nSPS) is 21.8. The highest BCUT2D eigenvalue weighted by atomic mass is 35.5. The lowest BCUT2D eigenvalue weighted by Gasteiger charge is -2.32. The fourth-order valence-corrected chi connectivity index (χ4v) is 4.96. The predicted octanol–water partition coefficient (Wildman–Crippen LogP) is 4.11. The van der Waals surface area contributed by atoms with Gasteiger partial charge in [0.25, 0.3) is 0 Å². The van der Waals surface area contributed by atoms with Gasteiger partial charge < -0.3 is 20.5 Å². The van der Waals surface area contributed by atoms with Crippen molar-refractivity contribution in [1.29, 1.82) is 0 Å². The number of nitrogens with one attached hydrogen (secondary N) is 1. The van der Waals surface area contributed by atoms with Crippen LogP contribution in [0, 0.1) is 0 Å². The molecule has 3 aliphatic rings. The summed E-state index contributed by atoms with van der Waals surface area (Å²) in [6.45, 7) is 3.06. The van der Waals surface area contributed by atoms with Crippen LogP contribution in [0.15, 0.2) is 58.4 Å². The summed E-state index contributed by atoms with van der Waals surface area (Å²) in [7, 11) is 0. The first-order valence-electron chi connectivity index (χ1n) is 11.8. The number of thiocarbonyl (C=S) groups is 1. The average Bonchev–Trinajstić information content (AvgIpc) is 3.34. The summed E-state index contributed by atoms with van der Waals surface area (Å²) < 4.78 is 5.77. The molecular formula is C25H33ClN4O3S. The molecule has 2 aliphatic heterocycles. The molecule has 0 bridgehead atoms. The molecule has 184 valence electrons. The number of likely N-dealkylation sites (tertiary alicyclic amines) is 1. The number of hydrogen-bond acceptors (Lipinski definition) is 6. The Labute approximate surface area is 212 Å². The van der Waals surface area contributed by atoms with Gasteiger partial charge in [-0.2, -0.15) is 5.10 Å². The van der Waals surface area contributed by atoms with E-state index in [9.17, 15) is 9.90 Å². The van der Waals surface area contributed by atoms with E-state index in [2.05, 4.69) is 15.4 Å². The molecule has 0 amide bonds. The van der Waals surface area contributed by atoms with E-state index in [1.165, 1.54) is 12.8 Å². The van der Waals surface area contributed by atoms with Gasteiger partial charge in [-0.3, -0.25) is 5.43 Å². The van der Waals surface area contributed by atoms with Crippen molar-refractivity contribution in [3.8, 4) is 0 Å². The molecule has 1 aromatic rings. The number of halogens is 1. The molecule has 2 heterocycles. The topological polar surface area (TPSA) is 100 Å². The van der Waals surface area contributed by atoms with Crippen molar-refractivity contribution in [2.24, 2.45) is 10.8 Å². The van der Waals surface area contributed by atoms with Gasteiger partial charge in [0, 0.05) is 30.2 Å². The molecule has 2 unspecified atom stereocenters. The van der Waals surface area contributed by atoms with E-state index in [4.69, 9.17) is 22.7 Å². The number of carbonyl (C=O) groups excluding carboxylic acids is 1. The van der Waals surface area contributed by atoms with Gasteiger partial charge in [-0.25, -0.2) is 4.79 Å². The predicted molar refractivity (Wildman–Crippen MR) is 140 cm³/mol. The van der Waals surface area contributed by atoms with E-state index in [0.29, 0.717) is 18.4 Å². The summed E-state index contributed by atoms with van der Waals surface area (Å²) in [5.41, 5.74) is 11.2. The number of fused-ring (bicyclic) bond motifs is 1. The molecule has 1 fully saturated rings. The second-order valence-corrected chi connectivity index (χ2v) is 9.31. The van der Waals surface area contributed by atoms with E-state index in [1.54, 1.807) is 0 Å². The van der Waals surface area contributed by atoms with Crippen molar-refractivity contribution < 1.29 is 14.6 Å². The van der Waals surface area contributed by atoms with E-state index in [-0.39, 0.29) is 29.4 Å². The molecule has 1 aliphatic carbocycles. The van der Waals surface area contributed by atoms with E-state index in [1.807, 2.05) is 36.4 Å². The third-order valence-electron chi connectivity index (χ3n) is 6.61. The molecule has 0 saturated carbocycles. The third-order valence-corrected chi connectivity index (χ3v) is 6.70. The second kappa shape index (κ2) is 12.3. The fourth-order valence-electron chi connectivity index (χ4n) is 4.91. The van der Waals surface area contributed by atoms with Gasteiger partial charge >= 0.3 is 5.97 Å². The summed E-state index contributed by atoms with van der Waals surface area (Å²) in [6.07, 6.45) is 7.79. The van der Waals surface area contributed by atoms with Crippen molar-refractivity contribution in [1.82, 2.24) is 10.3 Å². The van der Waals surface area contributed by atoms with E-state index < -0.39 is 11.9 Å². The van der Waals surface area contributed by atoms with Gasteiger partial charge in [0.2, 0.25) is 0 Å². The van der Waals surface area contributed by atoms with Crippen molar-refractivity contribution >= 4 is 41.4 Å². The number of hydrazone groups is 1. The van der Waals surface area contributed by atoms with Crippen LogP contribution < -0.4 is 11.2 Å². The third kappa shape index (κ3) is 6.37. The van der Waals surface area contributed by atoms with Crippen LogP contribution in [0.2, 0.25) is 0 Å². The molecule has 4 rings (SSSR count). The molecule has 34 heavy (non-hydrogen) atoms. The number of esters is 1. The molecule has 7 nitrogen and oxygen atoms in total. The Morgan fingerprint density at radius 2 is 2.00 bits per heavy atom. The maximum absolute atomic E-state index is 13.1. The largest absolute Gasteiger partial charge is 0.507 e.